The molecule has 0 N–H and O–H groups in total. The van der Waals surface area contributed by atoms with E-state index in [-0.39, 0.29) is 23.8 Å². The van der Waals surface area contributed by atoms with Crippen molar-refractivity contribution >= 4 is 50.8 Å². The first kappa shape index (κ1) is 30.6. The van der Waals surface area contributed by atoms with Gasteiger partial charge < -0.3 is 0 Å². The fourth-order valence-electron chi connectivity index (χ4n) is 3.40. The summed E-state index contributed by atoms with van der Waals surface area (Å²) in [5, 5.41) is 2.12. The number of hydrogen-bond donors (Lipinski definition) is 0. The van der Waals surface area contributed by atoms with Gasteiger partial charge in [-0.2, -0.15) is 0 Å². The van der Waals surface area contributed by atoms with Gasteiger partial charge in [-0.1, -0.05) is 0 Å². The number of ether oxygens (including phenoxy) is 2. The van der Waals surface area contributed by atoms with Crippen LogP contribution in [0, 0.1) is 22.7 Å². The predicted octanol–water partition coefficient (Wildman–Crippen LogP) is 5.07. The van der Waals surface area contributed by atoms with Gasteiger partial charge in [-0.15, -0.1) is 0 Å². The second kappa shape index (κ2) is 15.0. The number of benzene rings is 2. The maximum absolute atomic E-state index is 12.6. The normalized spacial score (nSPS) is 13.6. The number of carbonyl (C=O) groups excluding carboxylic acids is 2. The van der Waals surface area contributed by atoms with E-state index in [1.807, 2.05) is 53.7 Å². The summed E-state index contributed by atoms with van der Waals surface area (Å²) < 4.78 is 14.4. The summed E-state index contributed by atoms with van der Waals surface area (Å²) >= 11 is 0.711. The fourth-order valence-corrected chi connectivity index (χ4v) is 7.62. The monoisotopic (exact) mass is 626 g/mol. The third kappa shape index (κ3) is 11.6. The van der Waals surface area contributed by atoms with Crippen molar-refractivity contribution in [3.05, 3.63) is 60.7 Å². The Kier molecular flexibility index (Phi) is 12.8. The first-order valence-corrected chi connectivity index (χ1v) is 16.8. The SMILES string of the molecule is CC(C)(C)C(=O)OC[C@@H](CC[Se]c1ccccc1)[C@@H](CC[Se]c1ccccc1)COC(=O)C(C)(C)C. The summed E-state index contributed by atoms with van der Waals surface area (Å²) in [6, 6.07) is 21.1. The van der Waals surface area contributed by atoms with Crippen molar-refractivity contribution in [3.63, 3.8) is 0 Å². The van der Waals surface area contributed by atoms with Crippen molar-refractivity contribution in [2.75, 3.05) is 13.2 Å². The molecule has 0 amide bonds. The van der Waals surface area contributed by atoms with E-state index in [1.165, 1.54) is 8.92 Å². The Morgan fingerprint density at radius 2 is 0.972 bits per heavy atom. The molecule has 0 saturated carbocycles. The van der Waals surface area contributed by atoms with Crippen LogP contribution in [0.25, 0.3) is 0 Å². The van der Waals surface area contributed by atoms with Gasteiger partial charge in [0, 0.05) is 0 Å². The molecule has 6 heteroatoms. The minimum absolute atomic E-state index is 0.154. The van der Waals surface area contributed by atoms with Crippen LogP contribution in [0.4, 0.5) is 0 Å². The van der Waals surface area contributed by atoms with Crippen LogP contribution in [0.2, 0.25) is 10.6 Å². The molecule has 0 heterocycles. The number of rotatable bonds is 13. The van der Waals surface area contributed by atoms with Crippen molar-refractivity contribution in [1.82, 2.24) is 0 Å². The van der Waals surface area contributed by atoms with Crippen LogP contribution in [-0.2, 0) is 19.1 Å². The number of carbonyl (C=O) groups is 2. The van der Waals surface area contributed by atoms with Gasteiger partial charge in [0.2, 0.25) is 0 Å². The van der Waals surface area contributed by atoms with Crippen molar-refractivity contribution in [2.24, 2.45) is 22.7 Å². The van der Waals surface area contributed by atoms with Crippen molar-refractivity contribution < 1.29 is 19.1 Å². The molecule has 0 spiro atoms. The molecule has 4 nitrogen and oxygen atoms in total. The average Bonchev–Trinajstić information content (AvgIpc) is 2.83. The topological polar surface area (TPSA) is 52.6 Å². The molecule has 0 aromatic heterocycles. The van der Waals surface area contributed by atoms with E-state index in [2.05, 4.69) is 48.5 Å². The molecule has 0 saturated heterocycles. The van der Waals surface area contributed by atoms with Gasteiger partial charge in [0.25, 0.3) is 0 Å². The zero-order chi connectivity index (χ0) is 26.6. The molecular formula is C30H42O4Se2. The summed E-state index contributed by atoms with van der Waals surface area (Å²) in [6.45, 7) is 12.0. The van der Waals surface area contributed by atoms with Gasteiger partial charge in [-0.3, -0.25) is 0 Å². The van der Waals surface area contributed by atoms with Gasteiger partial charge in [-0.25, -0.2) is 0 Å². The summed E-state index contributed by atoms with van der Waals surface area (Å²) in [5.74, 6) is -0.0533. The molecule has 0 aliphatic rings. The molecule has 2 aromatic carbocycles. The van der Waals surface area contributed by atoms with E-state index in [1.54, 1.807) is 0 Å². The Balaban J connectivity index is 2.12. The third-order valence-corrected chi connectivity index (χ3v) is 10.1. The first-order valence-electron chi connectivity index (χ1n) is 12.7. The van der Waals surface area contributed by atoms with E-state index >= 15 is 0 Å². The van der Waals surface area contributed by atoms with E-state index in [0.717, 1.165) is 23.5 Å². The molecule has 2 aromatic rings. The predicted molar refractivity (Wildman–Crippen MR) is 150 cm³/mol. The fraction of sp³-hybridized carbons (Fsp3) is 0.533. The molecule has 2 atom stereocenters. The second-order valence-corrected chi connectivity index (χ2v) is 16.0. The van der Waals surface area contributed by atoms with Crippen LogP contribution in [0.1, 0.15) is 54.4 Å². The molecule has 36 heavy (non-hydrogen) atoms. The van der Waals surface area contributed by atoms with Crippen LogP contribution in [-0.4, -0.2) is 55.1 Å². The van der Waals surface area contributed by atoms with E-state index in [9.17, 15) is 9.59 Å². The van der Waals surface area contributed by atoms with Crippen molar-refractivity contribution in [1.29, 1.82) is 0 Å². The summed E-state index contributed by atoms with van der Waals surface area (Å²) in [7, 11) is 0. The summed E-state index contributed by atoms with van der Waals surface area (Å²) in [5.41, 5.74) is -1.08. The van der Waals surface area contributed by atoms with E-state index in [0.29, 0.717) is 43.1 Å². The van der Waals surface area contributed by atoms with Crippen molar-refractivity contribution in [3.8, 4) is 0 Å². The van der Waals surface area contributed by atoms with Crippen LogP contribution in [0.5, 0.6) is 0 Å². The Hall–Kier alpha value is -1.58. The van der Waals surface area contributed by atoms with Gasteiger partial charge in [0.1, 0.15) is 0 Å². The Bertz CT molecular complexity index is 840. The Labute approximate surface area is 230 Å². The molecule has 0 radical (unpaired) electrons. The van der Waals surface area contributed by atoms with Gasteiger partial charge in [0.05, 0.1) is 0 Å². The maximum atomic E-state index is 12.6. The molecule has 0 aliphatic carbocycles. The average molecular weight is 625 g/mol. The molecule has 198 valence electrons. The van der Waals surface area contributed by atoms with E-state index < -0.39 is 10.8 Å². The van der Waals surface area contributed by atoms with Gasteiger partial charge >= 0.3 is 231 Å². The molecule has 0 unspecified atom stereocenters. The molecule has 0 bridgehead atoms. The van der Waals surface area contributed by atoms with Crippen LogP contribution >= 0.6 is 0 Å². The number of hydrogen-bond acceptors (Lipinski definition) is 4. The van der Waals surface area contributed by atoms with Gasteiger partial charge in [0.15, 0.2) is 0 Å². The van der Waals surface area contributed by atoms with Crippen molar-refractivity contribution in [2.45, 2.75) is 65.0 Å². The van der Waals surface area contributed by atoms with Crippen LogP contribution < -0.4 is 8.92 Å². The quantitative estimate of drug-likeness (QED) is 0.231. The first-order chi connectivity index (χ1) is 17.0. The Morgan fingerprint density at radius 3 is 1.28 bits per heavy atom. The Morgan fingerprint density at radius 1 is 0.639 bits per heavy atom. The van der Waals surface area contributed by atoms with Crippen LogP contribution in [0.3, 0.4) is 0 Å². The standard InChI is InChI=1S/C30H42O4Se2/c1-29(2,3)27(31)33-21-23(17-19-35-25-13-9-7-10-14-25)24(22-34-28(32)30(4,5)6)18-20-36-26-15-11-8-12-16-26/h7-16,23-24H,17-22H2,1-6H3/t23-,24+. The summed E-state index contributed by atoms with van der Waals surface area (Å²) in [4.78, 5) is 25.2. The third-order valence-electron chi connectivity index (χ3n) is 5.75. The summed E-state index contributed by atoms with van der Waals surface area (Å²) in [6.07, 6.45) is 1.89. The second-order valence-electron chi connectivity index (χ2n) is 11.1. The molecular weight excluding hydrogens is 582 g/mol. The molecule has 0 fully saturated rings. The minimum atomic E-state index is -0.539. The number of esters is 2. The van der Waals surface area contributed by atoms with Gasteiger partial charge in [-0.05, 0) is 0 Å². The van der Waals surface area contributed by atoms with Crippen LogP contribution in [0.15, 0.2) is 60.7 Å². The molecule has 0 aliphatic heterocycles. The zero-order valence-electron chi connectivity index (χ0n) is 22.6. The molecule has 2 rings (SSSR count). The van der Waals surface area contributed by atoms with E-state index in [4.69, 9.17) is 9.47 Å². The zero-order valence-corrected chi connectivity index (χ0v) is 26.0.